The van der Waals surface area contributed by atoms with E-state index >= 15 is 0 Å². The standard InChI is InChI=1S/C57H62N10O6S/c1-34-35(12-8-9-24-65-26-28-66(29-27-65)33-49(69)58-37-19-20-40-45(30-37)64(5)63-51(40)41-21-22-48(68)61-54(41)71)13-10-15-38(34)50-43(57(2,3)4)31-47(60-52(50)55(72)73)67-25-23-36-14-11-16-39(42(36)32-67)53(70)62-56-59-44-17-6-7-18-46(44)74-56/h6-7,10-11,13-20,30-31,41H,8-9,12,21-29,32-33H2,1-5H3,(H,58,69)(H,72,73)(H,59,62,70)(H,61,68,71). The highest BCUT2D eigenvalue weighted by Crippen LogP contribution is 2.41. The van der Waals surface area contributed by atoms with Gasteiger partial charge in [0, 0.05) is 74.9 Å². The summed E-state index contributed by atoms with van der Waals surface area (Å²) in [6, 6.07) is 27.4. The van der Waals surface area contributed by atoms with Gasteiger partial charge in [-0.2, -0.15) is 5.10 Å². The fourth-order valence-corrected chi connectivity index (χ4v) is 11.7. The average molecular weight is 1020 g/mol. The molecule has 2 fully saturated rings. The van der Waals surface area contributed by atoms with Crippen molar-refractivity contribution in [3.05, 3.63) is 130 Å². The van der Waals surface area contributed by atoms with Crippen molar-refractivity contribution < 1.29 is 29.1 Å². The predicted octanol–water partition coefficient (Wildman–Crippen LogP) is 8.46. The van der Waals surface area contributed by atoms with Crippen LogP contribution in [-0.2, 0) is 46.2 Å². The van der Waals surface area contributed by atoms with E-state index in [0.29, 0.717) is 59.4 Å². The number of aryl methyl sites for hydroxylation is 2. The Morgan fingerprint density at radius 2 is 1.65 bits per heavy atom. The number of hydrogen-bond donors (Lipinski definition) is 4. The smallest absolute Gasteiger partial charge is 0.355 e. The average Bonchev–Trinajstić information content (AvgIpc) is 3.94. The molecule has 0 saturated carbocycles. The van der Waals surface area contributed by atoms with Crippen LogP contribution in [0.4, 0.5) is 16.6 Å². The molecule has 1 atom stereocenters. The van der Waals surface area contributed by atoms with Gasteiger partial charge in [-0.3, -0.25) is 39.4 Å². The Hall–Kier alpha value is -7.34. The Morgan fingerprint density at radius 3 is 2.42 bits per heavy atom. The minimum absolute atomic E-state index is 0.0188. The number of carboxylic acid groups (broad SMARTS) is 1. The van der Waals surface area contributed by atoms with Gasteiger partial charge < -0.3 is 20.2 Å². The topological polar surface area (TPSA) is 195 Å². The van der Waals surface area contributed by atoms with Crippen LogP contribution < -0.4 is 20.9 Å². The van der Waals surface area contributed by atoms with E-state index < -0.39 is 17.3 Å². The zero-order valence-electron chi connectivity index (χ0n) is 42.6. The maximum absolute atomic E-state index is 13.8. The van der Waals surface area contributed by atoms with Crippen molar-refractivity contribution in [2.45, 2.75) is 84.1 Å². The van der Waals surface area contributed by atoms with E-state index in [1.807, 2.05) is 73.8 Å². The molecule has 3 aliphatic rings. The molecule has 4 aromatic carbocycles. The third kappa shape index (κ3) is 10.5. The van der Waals surface area contributed by atoms with E-state index in [1.54, 1.807) is 4.68 Å². The number of carbonyl (C=O) groups excluding carboxylic acids is 4. The van der Waals surface area contributed by atoms with E-state index in [-0.39, 0.29) is 42.3 Å². The molecule has 6 heterocycles. The van der Waals surface area contributed by atoms with E-state index in [0.717, 1.165) is 101 Å². The number of anilines is 3. The molecular formula is C57H62N10O6S. The summed E-state index contributed by atoms with van der Waals surface area (Å²) in [6.45, 7) is 14.0. The molecule has 16 nitrogen and oxygen atoms in total. The fourth-order valence-electron chi connectivity index (χ4n) is 10.8. The summed E-state index contributed by atoms with van der Waals surface area (Å²) in [7, 11) is 1.81. The molecule has 1 unspecified atom stereocenters. The van der Waals surface area contributed by atoms with Crippen molar-refractivity contribution in [2.75, 3.05) is 61.3 Å². The minimum atomic E-state index is -1.09. The second kappa shape index (κ2) is 20.9. The van der Waals surface area contributed by atoms with Gasteiger partial charge in [-0.25, -0.2) is 14.8 Å². The van der Waals surface area contributed by atoms with E-state index in [2.05, 4.69) is 86.6 Å². The van der Waals surface area contributed by atoms with Gasteiger partial charge in [-0.1, -0.05) is 74.6 Å². The highest BCUT2D eigenvalue weighted by molar-refractivity contribution is 7.22. The quantitative estimate of drug-likeness (QED) is 0.0601. The second-order valence-electron chi connectivity index (χ2n) is 20.8. The van der Waals surface area contributed by atoms with Crippen molar-refractivity contribution in [1.82, 2.24) is 34.9 Å². The first kappa shape index (κ1) is 50.2. The van der Waals surface area contributed by atoms with Gasteiger partial charge in [0.05, 0.1) is 33.9 Å². The molecule has 2 saturated heterocycles. The summed E-state index contributed by atoms with van der Waals surface area (Å²) in [5.41, 5.74) is 9.71. The number of nitrogens with zero attached hydrogens (tertiary/aromatic N) is 7. The molecule has 0 radical (unpaired) electrons. The number of pyridine rings is 1. The van der Waals surface area contributed by atoms with Crippen molar-refractivity contribution >= 4 is 78.7 Å². The highest BCUT2D eigenvalue weighted by atomic mass is 32.1. The van der Waals surface area contributed by atoms with Crippen LogP contribution in [0.1, 0.15) is 107 Å². The number of piperidine rings is 1. The van der Waals surface area contributed by atoms with Gasteiger partial charge >= 0.3 is 5.97 Å². The maximum atomic E-state index is 13.8. The molecule has 10 rings (SSSR count). The number of fused-ring (bicyclic) bond motifs is 3. The largest absolute Gasteiger partial charge is 0.476 e. The molecule has 4 amide bonds. The normalized spacial score (nSPS) is 16.6. The molecule has 3 aromatic heterocycles. The lowest BCUT2D eigenvalue weighted by molar-refractivity contribution is -0.134. The lowest BCUT2D eigenvalue weighted by Gasteiger charge is -2.34. The number of carboxylic acids is 1. The number of piperazine rings is 1. The number of unbranched alkanes of at least 4 members (excludes halogenated alkanes) is 1. The number of hydrogen-bond acceptors (Lipinski definition) is 12. The zero-order chi connectivity index (χ0) is 51.8. The Balaban J connectivity index is 0.753. The Kier molecular flexibility index (Phi) is 14.2. The van der Waals surface area contributed by atoms with Gasteiger partial charge in [0.25, 0.3) is 5.91 Å². The first-order chi connectivity index (χ1) is 35.6. The Labute approximate surface area is 434 Å². The highest BCUT2D eigenvalue weighted by Gasteiger charge is 2.33. The number of amides is 4. The number of carbonyl (C=O) groups is 5. The lowest BCUT2D eigenvalue weighted by Crippen LogP contribution is -2.48. The van der Waals surface area contributed by atoms with Crippen LogP contribution in [0.2, 0.25) is 0 Å². The van der Waals surface area contributed by atoms with Gasteiger partial charge in [0.2, 0.25) is 17.7 Å². The van der Waals surface area contributed by atoms with Crippen LogP contribution in [0.3, 0.4) is 0 Å². The van der Waals surface area contributed by atoms with Gasteiger partial charge in [0.15, 0.2) is 10.8 Å². The molecule has 0 spiro atoms. The number of aromatic nitrogens is 4. The van der Waals surface area contributed by atoms with Crippen LogP contribution in [0.5, 0.6) is 0 Å². The van der Waals surface area contributed by atoms with Gasteiger partial charge in [-0.05, 0) is 127 Å². The number of imide groups is 1. The summed E-state index contributed by atoms with van der Waals surface area (Å²) in [6.07, 6.45) is 4.19. The summed E-state index contributed by atoms with van der Waals surface area (Å²) >= 11 is 1.44. The van der Waals surface area contributed by atoms with Gasteiger partial charge in [-0.15, -0.1) is 0 Å². The van der Waals surface area contributed by atoms with Crippen molar-refractivity contribution in [3.8, 4) is 11.1 Å². The van der Waals surface area contributed by atoms with Crippen LogP contribution in [0.25, 0.3) is 32.2 Å². The monoisotopic (exact) mass is 1010 g/mol. The molecule has 74 heavy (non-hydrogen) atoms. The van der Waals surface area contributed by atoms with E-state index in [1.165, 1.54) is 16.9 Å². The van der Waals surface area contributed by atoms with Crippen molar-refractivity contribution in [2.24, 2.45) is 7.05 Å². The SMILES string of the molecule is Cc1c(CCCCN2CCN(CC(=O)Nc3ccc4c(C5CCC(=O)NC5=O)nn(C)c4c3)CC2)cccc1-c1c(C(C)(C)C)cc(N2CCc3cccc(C(=O)Nc4nc5ccccc5s4)c3C2)nc1C(=O)O. The summed E-state index contributed by atoms with van der Waals surface area (Å²) < 4.78 is 2.71. The third-order valence-electron chi connectivity index (χ3n) is 14.8. The molecule has 382 valence electrons. The summed E-state index contributed by atoms with van der Waals surface area (Å²) in [4.78, 5) is 80.9. The maximum Gasteiger partial charge on any atom is 0.355 e. The minimum Gasteiger partial charge on any atom is -0.476 e. The lowest BCUT2D eigenvalue weighted by atomic mass is 9.79. The van der Waals surface area contributed by atoms with Crippen molar-refractivity contribution in [1.29, 1.82) is 0 Å². The molecule has 7 aromatic rings. The first-order valence-electron chi connectivity index (χ1n) is 25.5. The number of nitrogens with one attached hydrogen (secondary N) is 3. The summed E-state index contributed by atoms with van der Waals surface area (Å²) in [5.74, 6) is -1.92. The van der Waals surface area contributed by atoms with Crippen LogP contribution in [0.15, 0.2) is 84.9 Å². The fraction of sp³-hybridized carbons (Fsp3) is 0.368. The molecule has 17 heteroatoms. The predicted molar refractivity (Wildman–Crippen MR) is 289 cm³/mol. The van der Waals surface area contributed by atoms with E-state index in [9.17, 15) is 29.1 Å². The molecule has 0 bridgehead atoms. The van der Waals surface area contributed by atoms with Gasteiger partial charge in [0.1, 0.15) is 5.82 Å². The molecular weight excluding hydrogens is 953 g/mol. The first-order valence-corrected chi connectivity index (χ1v) is 26.3. The Morgan fingerprint density at radius 1 is 0.865 bits per heavy atom. The van der Waals surface area contributed by atoms with Crippen LogP contribution in [-0.4, -0.2) is 110 Å². The van der Waals surface area contributed by atoms with Crippen molar-refractivity contribution in [3.63, 3.8) is 0 Å². The Bertz CT molecular complexity index is 3320. The van der Waals surface area contributed by atoms with E-state index in [4.69, 9.17) is 4.98 Å². The van der Waals surface area contributed by atoms with Crippen LogP contribution in [0, 0.1) is 6.92 Å². The number of rotatable bonds is 14. The number of thiazole rings is 1. The second-order valence-corrected chi connectivity index (χ2v) is 21.9. The molecule has 3 aliphatic heterocycles. The molecule has 0 aliphatic carbocycles. The number of benzene rings is 4. The zero-order valence-corrected chi connectivity index (χ0v) is 43.4. The molecule has 4 N–H and O–H groups in total. The van der Waals surface area contributed by atoms with Crippen LogP contribution >= 0.6 is 11.3 Å². The number of para-hydroxylation sites is 1. The third-order valence-corrected chi connectivity index (χ3v) is 15.8. The number of aromatic carboxylic acids is 1. The summed E-state index contributed by atoms with van der Waals surface area (Å²) in [5, 5.41) is 25.3.